The Balaban J connectivity index is 2.28. The van der Waals surface area contributed by atoms with E-state index < -0.39 is 0 Å². The third kappa shape index (κ3) is 2.90. The van der Waals surface area contributed by atoms with Gasteiger partial charge in [-0.05, 0) is 36.3 Å². The number of nitrogens with two attached hydrogens (primary N) is 1. The van der Waals surface area contributed by atoms with Crippen LogP contribution in [0.2, 0.25) is 0 Å². The van der Waals surface area contributed by atoms with Crippen LogP contribution in [0.15, 0.2) is 47.8 Å². The van der Waals surface area contributed by atoms with Gasteiger partial charge in [-0.2, -0.15) is 0 Å². The molecule has 1 nitrogen and oxygen atoms in total. The third-order valence-electron chi connectivity index (χ3n) is 4.32. The van der Waals surface area contributed by atoms with Crippen LogP contribution in [-0.4, -0.2) is 6.04 Å². The summed E-state index contributed by atoms with van der Waals surface area (Å²) in [6, 6.07) is 15.2. The highest BCUT2D eigenvalue weighted by atomic mass is 32.1. The summed E-state index contributed by atoms with van der Waals surface area (Å²) in [5, 5.41) is 2.13. The normalized spacial score (nSPS) is 13.4. The van der Waals surface area contributed by atoms with E-state index in [9.17, 15) is 0 Å². The summed E-state index contributed by atoms with van der Waals surface area (Å²) in [6.07, 6.45) is 3.13. The van der Waals surface area contributed by atoms with Gasteiger partial charge in [0.05, 0.1) is 0 Å². The van der Waals surface area contributed by atoms with Gasteiger partial charge in [0.2, 0.25) is 0 Å². The first-order valence-corrected chi connectivity index (χ1v) is 7.94. The smallest absolute Gasteiger partial charge is 0.0185 e. The molecule has 0 aliphatic carbocycles. The van der Waals surface area contributed by atoms with Crippen LogP contribution in [0.5, 0.6) is 0 Å². The molecular weight excluding hydrogens is 250 g/mol. The lowest BCUT2D eigenvalue weighted by Gasteiger charge is -2.38. The molecule has 1 aromatic heterocycles. The number of hydrogen-bond acceptors (Lipinski definition) is 2. The molecule has 1 atom stereocenters. The predicted octanol–water partition coefficient (Wildman–Crippen LogP) is 4.38. The molecule has 0 fully saturated rings. The molecule has 0 saturated heterocycles. The second kappa shape index (κ2) is 6.36. The maximum Gasteiger partial charge on any atom is 0.0185 e. The summed E-state index contributed by atoms with van der Waals surface area (Å²) < 4.78 is 0. The van der Waals surface area contributed by atoms with E-state index >= 15 is 0 Å². The SMILES string of the molecule is CCC(CC)(c1ccccc1)C(N)Cc1cccs1. The fourth-order valence-electron chi connectivity index (χ4n) is 3.01. The Bertz CT molecular complexity index is 471. The van der Waals surface area contributed by atoms with Gasteiger partial charge in [0, 0.05) is 16.3 Å². The molecule has 0 saturated carbocycles. The van der Waals surface area contributed by atoms with E-state index in [1.807, 2.05) is 0 Å². The largest absolute Gasteiger partial charge is 0.327 e. The van der Waals surface area contributed by atoms with Crippen molar-refractivity contribution in [2.45, 2.75) is 44.6 Å². The Morgan fingerprint density at radius 3 is 2.26 bits per heavy atom. The maximum atomic E-state index is 6.60. The number of hydrogen-bond donors (Lipinski definition) is 1. The van der Waals surface area contributed by atoms with Crippen molar-refractivity contribution in [3.05, 3.63) is 58.3 Å². The Morgan fingerprint density at radius 2 is 1.74 bits per heavy atom. The standard InChI is InChI=1S/C17H23NS/c1-3-17(4-2,14-9-6-5-7-10-14)16(18)13-15-11-8-12-19-15/h5-12,16H,3-4,13,18H2,1-2H3. The third-order valence-corrected chi connectivity index (χ3v) is 5.22. The van der Waals surface area contributed by atoms with Gasteiger partial charge in [-0.25, -0.2) is 0 Å². The van der Waals surface area contributed by atoms with E-state index in [0.717, 1.165) is 19.3 Å². The quantitative estimate of drug-likeness (QED) is 0.830. The highest BCUT2D eigenvalue weighted by Crippen LogP contribution is 2.36. The molecule has 0 spiro atoms. The summed E-state index contributed by atoms with van der Waals surface area (Å²) in [5.74, 6) is 0. The van der Waals surface area contributed by atoms with Crippen LogP contribution in [-0.2, 0) is 11.8 Å². The van der Waals surface area contributed by atoms with Gasteiger partial charge in [0.15, 0.2) is 0 Å². The molecule has 102 valence electrons. The van der Waals surface area contributed by atoms with Crippen molar-refractivity contribution < 1.29 is 0 Å². The minimum atomic E-state index is 0.0885. The van der Waals surface area contributed by atoms with Gasteiger partial charge < -0.3 is 5.73 Å². The second-order valence-corrected chi connectivity index (χ2v) is 6.15. The van der Waals surface area contributed by atoms with Crippen molar-refractivity contribution in [3.8, 4) is 0 Å². The minimum absolute atomic E-state index is 0.0885. The zero-order chi connectivity index (χ0) is 13.7. The average Bonchev–Trinajstić information content (AvgIpc) is 2.95. The van der Waals surface area contributed by atoms with Gasteiger partial charge in [-0.3, -0.25) is 0 Å². The van der Waals surface area contributed by atoms with E-state index in [2.05, 4.69) is 61.7 Å². The lowest BCUT2D eigenvalue weighted by molar-refractivity contribution is 0.316. The fourth-order valence-corrected chi connectivity index (χ4v) is 3.77. The van der Waals surface area contributed by atoms with Crippen molar-refractivity contribution >= 4 is 11.3 Å². The van der Waals surface area contributed by atoms with Crippen LogP contribution >= 0.6 is 11.3 Å². The lowest BCUT2D eigenvalue weighted by Crippen LogP contribution is -2.46. The van der Waals surface area contributed by atoms with Gasteiger partial charge in [0.25, 0.3) is 0 Å². The first kappa shape index (κ1) is 14.3. The van der Waals surface area contributed by atoms with E-state index in [0.29, 0.717) is 0 Å². The van der Waals surface area contributed by atoms with Crippen LogP contribution in [0.25, 0.3) is 0 Å². The van der Waals surface area contributed by atoms with E-state index in [4.69, 9.17) is 5.73 Å². The summed E-state index contributed by atoms with van der Waals surface area (Å²) in [6.45, 7) is 4.51. The van der Waals surface area contributed by atoms with Crippen molar-refractivity contribution in [1.29, 1.82) is 0 Å². The molecule has 1 heterocycles. The Kier molecular flexibility index (Phi) is 4.78. The van der Waals surface area contributed by atoms with Crippen molar-refractivity contribution in [2.24, 2.45) is 5.73 Å². The molecule has 0 amide bonds. The molecule has 0 bridgehead atoms. The molecule has 2 rings (SSSR count). The van der Waals surface area contributed by atoms with Crippen LogP contribution in [0.3, 0.4) is 0 Å². The van der Waals surface area contributed by atoms with Crippen molar-refractivity contribution in [3.63, 3.8) is 0 Å². The number of thiophene rings is 1. The van der Waals surface area contributed by atoms with E-state index in [1.165, 1.54) is 10.4 Å². The van der Waals surface area contributed by atoms with Gasteiger partial charge in [-0.15, -0.1) is 11.3 Å². The summed E-state index contributed by atoms with van der Waals surface area (Å²) >= 11 is 1.80. The first-order valence-electron chi connectivity index (χ1n) is 7.06. The zero-order valence-corrected chi connectivity index (χ0v) is 12.6. The highest BCUT2D eigenvalue weighted by Gasteiger charge is 2.35. The summed E-state index contributed by atoms with van der Waals surface area (Å²) in [5.41, 5.74) is 8.07. The zero-order valence-electron chi connectivity index (χ0n) is 11.8. The minimum Gasteiger partial charge on any atom is -0.327 e. The molecule has 0 aliphatic heterocycles. The van der Waals surface area contributed by atoms with Gasteiger partial charge in [0.1, 0.15) is 0 Å². The fraction of sp³-hybridized carbons (Fsp3) is 0.412. The molecule has 19 heavy (non-hydrogen) atoms. The molecule has 0 aliphatic rings. The monoisotopic (exact) mass is 273 g/mol. The van der Waals surface area contributed by atoms with Gasteiger partial charge in [-0.1, -0.05) is 50.2 Å². The van der Waals surface area contributed by atoms with Crippen LogP contribution in [0.1, 0.15) is 37.1 Å². The van der Waals surface area contributed by atoms with Crippen LogP contribution in [0.4, 0.5) is 0 Å². The van der Waals surface area contributed by atoms with Crippen molar-refractivity contribution in [2.75, 3.05) is 0 Å². The molecule has 2 N–H and O–H groups in total. The molecule has 2 heteroatoms. The summed E-state index contributed by atoms with van der Waals surface area (Å²) in [4.78, 5) is 1.38. The van der Waals surface area contributed by atoms with Crippen LogP contribution in [0, 0.1) is 0 Å². The topological polar surface area (TPSA) is 26.0 Å². The van der Waals surface area contributed by atoms with E-state index in [-0.39, 0.29) is 11.5 Å². The molecule has 0 radical (unpaired) electrons. The van der Waals surface area contributed by atoms with Gasteiger partial charge >= 0.3 is 0 Å². The summed E-state index contributed by atoms with van der Waals surface area (Å²) in [7, 11) is 0. The second-order valence-electron chi connectivity index (χ2n) is 5.12. The van der Waals surface area contributed by atoms with Crippen LogP contribution < -0.4 is 5.73 Å². The number of benzene rings is 1. The average molecular weight is 273 g/mol. The highest BCUT2D eigenvalue weighted by molar-refractivity contribution is 7.09. The molecule has 2 aromatic rings. The molecular formula is C17H23NS. The first-order chi connectivity index (χ1) is 9.23. The Labute approximate surface area is 120 Å². The maximum absolute atomic E-state index is 6.60. The number of rotatable bonds is 6. The Hall–Kier alpha value is -1.12. The predicted molar refractivity (Wildman–Crippen MR) is 84.7 cm³/mol. The van der Waals surface area contributed by atoms with Crippen molar-refractivity contribution in [1.82, 2.24) is 0 Å². The lowest BCUT2D eigenvalue weighted by atomic mass is 9.69. The van der Waals surface area contributed by atoms with E-state index in [1.54, 1.807) is 11.3 Å². The molecule has 1 unspecified atom stereocenters. The Morgan fingerprint density at radius 1 is 1.05 bits per heavy atom. The molecule has 1 aromatic carbocycles.